The zero-order valence-electron chi connectivity index (χ0n) is 20.4. The van der Waals surface area contributed by atoms with Gasteiger partial charge in [-0.25, -0.2) is 0 Å². The van der Waals surface area contributed by atoms with Crippen molar-refractivity contribution in [3.05, 3.63) is 53.6 Å². The van der Waals surface area contributed by atoms with Crippen LogP contribution in [0.1, 0.15) is 50.2 Å². The Bertz CT molecular complexity index is 1090. The number of rotatable bonds is 6. The fourth-order valence-corrected chi connectivity index (χ4v) is 4.55. The Morgan fingerprint density at radius 3 is 2.71 bits per heavy atom. The Morgan fingerprint density at radius 1 is 1.20 bits per heavy atom. The average molecular weight is 476 g/mol. The number of nitrogens with zero attached hydrogens (tertiary/aromatic N) is 1. The van der Waals surface area contributed by atoms with Gasteiger partial charge in [0.25, 0.3) is 5.91 Å². The molecule has 2 heterocycles. The second-order valence-corrected chi connectivity index (χ2v) is 9.51. The summed E-state index contributed by atoms with van der Waals surface area (Å²) in [6.45, 7) is 6.06. The van der Waals surface area contributed by atoms with Gasteiger partial charge >= 0.3 is 5.97 Å². The predicted octanol–water partition coefficient (Wildman–Crippen LogP) is 3.72. The van der Waals surface area contributed by atoms with E-state index in [0.717, 1.165) is 41.6 Å². The third-order valence-corrected chi connectivity index (χ3v) is 6.91. The van der Waals surface area contributed by atoms with Crippen LogP contribution in [0.15, 0.2) is 42.5 Å². The average Bonchev–Trinajstić information content (AvgIpc) is 3.20. The van der Waals surface area contributed by atoms with Crippen LogP contribution in [-0.4, -0.2) is 43.7 Å². The maximum Gasteiger partial charge on any atom is 0.311 e. The minimum Gasteiger partial charge on any atom is -0.426 e. The maximum absolute atomic E-state index is 12.7. The number of fused-ring (bicyclic) bond motifs is 1. The van der Waals surface area contributed by atoms with Crippen LogP contribution in [0.2, 0.25) is 0 Å². The molecule has 2 N–H and O–H groups in total. The summed E-state index contributed by atoms with van der Waals surface area (Å²) in [6, 6.07) is 15.5. The van der Waals surface area contributed by atoms with Gasteiger partial charge in [0, 0.05) is 25.9 Å². The van der Waals surface area contributed by atoms with Crippen molar-refractivity contribution in [2.24, 2.45) is 5.92 Å². The van der Waals surface area contributed by atoms with Gasteiger partial charge in [-0.05, 0) is 59.1 Å². The minimum absolute atomic E-state index is 0.182. The zero-order chi connectivity index (χ0) is 24.8. The largest absolute Gasteiger partial charge is 0.426 e. The molecule has 0 aromatic heterocycles. The third-order valence-electron chi connectivity index (χ3n) is 6.91. The van der Waals surface area contributed by atoms with E-state index in [4.69, 9.17) is 9.47 Å². The molecule has 4 rings (SSSR count). The lowest BCUT2D eigenvalue weighted by Crippen LogP contribution is -2.46. The Kier molecular flexibility index (Phi) is 8.17. The van der Waals surface area contributed by atoms with Crippen molar-refractivity contribution in [3.8, 4) is 22.9 Å². The third kappa shape index (κ3) is 6.27. The molecule has 4 atom stereocenters. The molecule has 2 aromatic carbocycles. The molecule has 184 valence electrons. The van der Waals surface area contributed by atoms with E-state index in [1.54, 1.807) is 0 Å². The van der Waals surface area contributed by atoms with Gasteiger partial charge in [0.15, 0.2) is 0 Å². The Balaban J connectivity index is 1.39. The van der Waals surface area contributed by atoms with E-state index in [1.807, 2.05) is 36.4 Å². The van der Waals surface area contributed by atoms with Crippen LogP contribution in [0, 0.1) is 17.2 Å². The molecule has 0 radical (unpaired) electrons. The number of hydrogen-bond acceptors (Lipinski definition) is 6. The van der Waals surface area contributed by atoms with Crippen LogP contribution < -0.4 is 15.4 Å². The van der Waals surface area contributed by atoms with Crippen molar-refractivity contribution in [3.63, 3.8) is 0 Å². The quantitative estimate of drug-likeness (QED) is 0.488. The normalized spacial score (nSPS) is 23.1. The molecule has 0 aliphatic carbocycles. The summed E-state index contributed by atoms with van der Waals surface area (Å²) in [5.74, 6) is 0.856. The van der Waals surface area contributed by atoms with Gasteiger partial charge in [0.1, 0.15) is 17.9 Å². The summed E-state index contributed by atoms with van der Waals surface area (Å²) >= 11 is 0. The van der Waals surface area contributed by atoms with Crippen molar-refractivity contribution < 1.29 is 19.1 Å². The zero-order valence-corrected chi connectivity index (χ0v) is 20.4. The lowest BCUT2D eigenvalue weighted by Gasteiger charge is -2.18. The SMILES string of the molecule is CC[C@@H]1CNCC(C(=O)NC(C#N)Cc2ccc(-c3ccc4c(c3)C(C)CCC(=O)O4)cc2)OC1. The second-order valence-electron chi connectivity index (χ2n) is 9.51. The number of carbonyl (C=O) groups is 2. The number of esters is 1. The maximum atomic E-state index is 12.7. The summed E-state index contributed by atoms with van der Waals surface area (Å²) in [7, 11) is 0. The van der Waals surface area contributed by atoms with Crippen LogP contribution >= 0.6 is 0 Å². The van der Waals surface area contributed by atoms with Crippen LogP contribution in [0.5, 0.6) is 5.75 Å². The van der Waals surface area contributed by atoms with Crippen molar-refractivity contribution in [1.29, 1.82) is 5.26 Å². The molecular weight excluding hydrogens is 442 g/mol. The fraction of sp³-hybridized carbons (Fsp3) is 0.464. The van der Waals surface area contributed by atoms with E-state index in [-0.39, 0.29) is 17.8 Å². The highest BCUT2D eigenvalue weighted by Gasteiger charge is 2.26. The van der Waals surface area contributed by atoms with Crippen LogP contribution in [0.3, 0.4) is 0 Å². The van der Waals surface area contributed by atoms with E-state index in [9.17, 15) is 14.9 Å². The van der Waals surface area contributed by atoms with Crippen molar-refractivity contribution >= 4 is 11.9 Å². The predicted molar refractivity (Wildman–Crippen MR) is 133 cm³/mol. The molecule has 7 heteroatoms. The monoisotopic (exact) mass is 475 g/mol. The van der Waals surface area contributed by atoms with Crippen molar-refractivity contribution in [2.75, 3.05) is 19.7 Å². The molecule has 0 saturated carbocycles. The lowest BCUT2D eigenvalue weighted by molar-refractivity contribution is -0.134. The molecule has 0 spiro atoms. The number of benzene rings is 2. The van der Waals surface area contributed by atoms with Gasteiger partial charge < -0.3 is 20.1 Å². The molecule has 1 amide bonds. The van der Waals surface area contributed by atoms with Gasteiger partial charge in [0.05, 0.1) is 12.7 Å². The first-order valence-electron chi connectivity index (χ1n) is 12.4. The first-order valence-corrected chi connectivity index (χ1v) is 12.4. The number of nitriles is 1. The number of ether oxygens (including phenoxy) is 2. The van der Waals surface area contributed by atoms with E-state index in [2.05, 4.69) is 36.6 Å². The molecule has 2 aliphatic rings. The van der Waals surface area contributed by atoms with Gasteiger partial charge in [-0.3, -0.25) is 9.59 Å². The summed E-state index contributed by atoms with van der Waals surface area (Å²) in [5, 5.41) is 15.7. The molecule has 2 aromatic rings. The standard InChI is InChI=1S/C28H33N3O4/c1-3-19-15-30-16-26(34-17-19)28(33)31-23(14-29)12-20-5-7-21(8-6-20)22-9-10-25-24(13-22)18(2)4-11-27(32)35-25/h5-10,13,18-19,23,26,30H,3-4,11-12,15-17H2,1-2H3,(H,31,33)/t18?,19-,23?,26?/m1/s1. The molecule has 7 nitrogen and oxygen atoms in total. The highest BCUT2D eigenvalue weighted by atomic mass is 16.5. The van der Waals surface area contributed by atoms with E-state index in [0.29, 0.717) is 37.7 Å². The van der Waals surface area contributed by atoms with Crippen molar-refractivity contribution in [1.82, 2.24) is 10.6 Å². The summed E-state index contributed by atoms with van der Waals surface area (Å²) in [6.07, 6.45) is 2.03. The summed E-state index contributed by atoms with van der Waals surface area (Å²) < 4.78 is 11.2. The number of carbonyl (C=O) groups excluding carboxylic acids is 2. The van der Waals surface area contributed by atoms with Crippen LogP contribution in [0.4, 0.5) is 0 Å². The number of amides is 1. The first-order chi connectivity index (χ1) is 17.0. The highest BCUT2D eigenvalue weighted by Crippen LogP contribution is 2.36. The molecule has 1 fully saturated rings. The van der Waals surface area contributed by atoms with Gasteiger partial charge in [-0.1, -0.05) is 44.2 Å². The Labute approximate surface area is 206 Å². The Hall–Kier alpha value is -3.21. The number of nitrogens with one attached hydrogen (secondary N) is 2. The van der Waals surface area contributed by atoms with Crippen LogP contribution in [-0.2, 0) is 20.7 Å². The van der Waals surface area contributed by atoms with Crippen molar-refractivity contribution in [2.45, 2.75) is 57.6 Å². The molecule has 0 bridgehead atoms. The lowest BCUT2D eigenvalue weighted by atomic mass is 9.92. The highest BCUT2D eigenvalue weighted by molar-refractivity contribution is 5.81. The molecular formula is C28H33N3O4. The summed E-state index contributed by atoms with van der Waals surface area (Å²) in [4.78, 5) is 24.5. The van der Waals surface area contributed by atoms with E-state index < -0.39 is 12.1 Å². The molecule has 3 unspecified atom stereocenters. The molecule has 2 aliphatic heterocycles. The minimum atomic E-state index is -0.634. The van der Waals surface area contributed by atoms with Crippen LogP contribution in [0.25, 0.3) is 11.1 Å². The van der Waals surface area contributed by atoms with Gasteiger partial charge in [-0.2, -0.15) is 5.26 Å². The number of hydrogen-bond donors (Lipinski definition) is 2. The van der Waals surface area contributed by atoms with E-state index in [1.165, 1.54) is 0 Å². The van der Waals surface area contributed by atoms with Gasteiger partial charge in [0.2, 0.25) is 0 Å². The van der Waals surface area contributed by atoms with E-state index >= 15 is 0 Å². The smallest absolute Gasteiger partial charge is 0.311 e. The second kappa shape index (κ2) is 11.5. The fourth-order valence-electron chi connectivity index (χ4n) is 4.55. The molecule has 35 heavy (non-hydrogen) atoms. The molecule has 1 saturated heterocycles. The van der Waals surface area contributed by atoms with Gasteiger partial charge in [-0.15, -0.1) is 0 Å². The Morgan fingerprint density at radius 2 is 1.97 bits per heavy atom. The topological polar surface area (TPSA) is 100 Å². The summed E-state index contributed by atoms with van der Waals surface area (Å²) in [5.41, 5.74) is 4.10. The first kappa shape index (κ1) is 24.9.